The number of nitro groups is 1. The van der Waals surface area contributed by atoms with Crippen molar-refractivity contribution < 1.29 is 19.6 Å². The van der Waals surface area contributed by atoms with E-state index in [4.69, 9.17) is 0 Å². The van der Waals surface area contributed by atoms with Crippen molar-refractivity contribution in [2.75, 3.05) is 14.1 Å². The maximum Gasteiger partial charge on any atom is 0.279 e. The van der Waals surface area contributed by atoms with Gasteiger partial charge < -0.3 is 15.0 Å². The van der Waals surface area contributed by atoms with E-state index in [2.05, 4.69) is 4.98 Å². The van der Waals surface area contributed by atoms with Crippen molar-refractivity contribution in [1.29, 1.82) is 0 Å². The fraction of sp³-hybridized carbons (Fsp3) is 0.304. The summed E-state index contributed by atoms with van der Waals surface area (Å²) in [5.74, 6) is -0.119. The number of amides is 1. The molecule has 1 aliphatic rings. The summed E-state index contributed by atoms with van der Waals surface area (Å²) in [5.41, 5.74) is 1.40. The van der Waals surface area contributed by atoms with E-state index < -0.39 is 16.6 Å². The normalized spacial score (nSPS) is 21.4. The Hall–Kier alpha value is -3.72. The number of non-ortho nitro benzene ring substituents is 1. The van der Waals surface area contributed by atoms with E-state index in [-0.39, 0.29) is 30.2 Å². The predicted octanol–water partition coefficient (Wildman–Crippen LogP) is 2.54. The molecule has 4 rings (SSSR count). The largest absolute Gasteiger partial charge is 0.508 e. The number of nitrogens with one attached hydrogen (secondary N) is 1. The van der Waals surface area contributed by atoms with Crippen LogP contribution in [-0.4, -0.2) is 62.8 Å². The molecule has 1 amide bonds. The number of aromatic nitrogens is 1. The first-order valence-corrected chi connectivity index (χ1v) is 10.2. The number of hydrogen-bond donors (Lipinski definition) is 2. The lowest BCUT2D eigenvalue weighted by molar-refractivity contribution is -0.383. The number of phenolic OH excluding ortho intramolecular Hbond substituents is 1. The molecule has 166 valence electrons. The van der Waals surface area contributed by atoms with Gasteiger partial charge in [-0.3, -0.25) is 24.6 Å². The highest BCUT2D eigenvalue weighted by molar-refractivity contribution is 5.94. The van der Waals surface area contributed by atoms with Gasteiger partial charge in [-0.25, -0.2) is 0 Å². The number of aromatic amines is 1. The summed E-state index contributed by atoms with van der Waals surface area (Å²) >= 11 is 0. The molecule has 3 aromatic rings. The van der Waals surface area contributed by atoms with Crippen LogP contribution in [0.15, 0.2) is 42.6 Å². The number of rotatable bonds is 6. The number of H-pyrrole nitrogens is 1. The van der Waals surface area contributed by atoms with Crippen LogP contribution in [0, 0.1) is 17.0 Å². The molecule has 1 aliphatic heterocycles. The fourth-order valence-electron chi connectivity index (χ4n) is 4.66. The van der Waals surface area contributed by atoms with E-state index in [1.807, 2.05) is 6.07 Å². The Kier molecular flexibility index (Phi) is 5.21. The van der Waals surface area contributed by atoms with Crippen LogP contribution in [0.5, 0.6) is 5.75 Å². The number of benzene rings is 2. The minimum atomic E-state index is -1.24. The molecule has 2 unspecified atom stereocenters. The second-order valence-corrected chi connectivity index (χ2v) is 8.23. The van der Waals surface area contributed by atoms with Crippen molar-refractivity contribution in [3.8, 4) is 5.75 Å². The molecule has 2 heterocycles. The second kappa shape index (κ2) is 7.76. The maximum atomic E-state index is 13.2. The molecule has 0 saturated carbocycles. The SMILES string of the molecule is Cc1c(O)cccc1CC1(C=O)N(C)C(=O)C(Cc2c[nH]c3cccc([N+](=O)[O-])c23)N1C. The molecule has 0 bridgehead atoms. The second-order valence-electron chi connectivity index (χ2n) is 8.23. The topological polar surface area (TPSA) is 120 Å². The smallest absolute Gasteiger partial charge is 0.279 e. The lowest BCUT2D eigenvalue weighted by atomic mass is 9.95. The van der Waals surface area contributed by atoms with E-state index in [1.54, 1.807) is 56.4 Å². The van der Waals surface area contributed by atoms with Gasteiger partial charge in [0.2, 0.25) is 5.91 Å². The number of phenols is 1. The van der Waals surface area contributed by atoms with E-state index in [0.29, 0.717) is 22.0 Å². The summed E-state index contributed by atoms with van der Waals surface area (Å²) in [6, 6.07) is 9.22. The molecule has 0 aliphatic carbocycles. The quantitative estimate of drug-likeness (QED) is 0.348. The number of aromatic hydroxyl groups is 1. The van der Waals surface area contributed by atoms with E-state index in [9.17, 15) is 24.8 Å². The Morgan fingerprint density at radius 3 is 2.62 bits per heavy atom. The Balaban J connectivity index is 1.72. The summed E-state index contributed by atoms with van der Waals surface area (Å²) in [6.07, 6.45) is 2.85. The molecular weight excluding hydrogens is 412 g/mol. The molecule has 2 aromatic carbocycles. The number of nitrogens with zero attached hydrogens (tertiary/aromatic N) is 3. The van der Waals surface area contributed by atoms with Crippen LogP contribution in [0.3, 0.4) is 0 Å². The fourth-order valence-corrected chi connectivity index (χ4v) is 4.66. The predicted molar refractivity (Wildman–Crippen MR) is 118 cm³/mol. The van der Waals surface area contributed by atoms with Crippen LogP contribution in [-0.2, 0) is 22.4 Å². The average molecular weight is 436 g/mol. The molecule has 2 N–H and O–H groups in total. The monoisotopic (exact) mass is 436 g/mol. The first-order valence-electron chi connectivity index (χ1n) is 10.2. The summed E-state index contributed by atoms with van der Waals surface area (Å²) < 4.78 is 0. The lowest BCUT2D eigenvalue weighted by Crippen LogP contribution is -2.55. The summed E-state index contributed by atoms with van der Waals surface area (Å²) in [5, 5.41) is 22.1. The van der Waals surface area contributed by atoms with Gasteiger partial charge in [0, 0.05) is 25.7 Å². The number of nitro benzene ring substituents is 1. The van der Waals surface area contributed by atoms with Crippen LogP contribution in [0.4, 0.5) is 5.69 Å². The number of likely N-dealkylation sites (N-methyl/N-ethyl adjacent to an activating group) is 2. The highest BCUT2D eigenvalue weighted by Crippen LogP contribution is 2.36. The number of carbonyl (C=O) groups excluding carboxylic acids is 2. The minimum absolute atomic E-state index is 0.0303. The molecule has 1 aromatic heterocycles. The highest BCUT2D eigenvalue weighted by Gasteiger charge is 2.53. The van der Waals surface area contributed by atoms with Crippen LogP contribution < -0.4 is 0 Å². The first-order chi connectivity index (χ1) is 15.2. The van der Waals surface area contributed by atoms with Crippen LogP contribution in [0.2, 0.25) is 0 Å². The molecule has 32 heavy (non-hydrogen) atoms. The Labute approximate surface area is 184 Å². The number of fused-ring (bicyclic) bond motifs is 1. The van der Waals surface area contributed by atoms with Gasteiger partial charge in [-0.1, -0.05) is 18.2 Å². The molecular formula is C23H24N4O5. The first kappa shape index (κ1) is 21.5. The van der Waals surface area contributed by atoms with E-state index >= 15 is 0 Å². The van der Waals surface area contributed by atoms with E-state index in [1.165, 1.54) is 11.0 Å². The van der Waals surface area contributed by atoms with Gasteiger partial charge in [-0.15, -0.1) is 0 Å². The van der Waals surface area contributed by atoms with Crippen molar-refractivity contribution >= 4 is 28.8 Å². The lowest BCUT2D eigenvalue weighted by Gasteiger charge is -2.37. The van der Waals surface area contributed by atoms with Crippen LogP contribution in [0.25, 0.3) is 10.9 Å². The summed E-state index contributed by atoms with van der Waals surface area (Å²) in [6.45, 7) is 1.77. The van der Waals surface area contributed by atoms with Gasteiger partial charge in [0.25, 0.3) is 5.69 Å². The number of hydrogen-bond acceptors (Lipinski definition) is 6. The number of aldehydes is 1. The summed E-state index contributed by atoms with van der Waals surface area (Å²) in [7, 11) is 3.30. The van der Waals surface area contributed by atoms with Crippen molar-refractivity contribution in [2.24, 2.45) is 0 Å². The Bertz CT molecular complexity index is 1240. The zero-order valence-electron chi connectivity index (χ0n) is 18.0. The zero-order valence-corrected chi connectivity index (χ0v) is 18.0. The summed E-state index contributed by atoms with van der Waals surface area (Å²) in [4.78, 5) is 42.9. The molecule has 2 atom stereocenters. The third-order valence-electron chi connectivity index (χ3n) is 6.71. The third-order valence-corrected chi connectivity index (χ3v) is 6.71. The molecule has 9 heteroatoms. The zero-order chi connectivity index (χ0) is 23.2. The van der Waals surface area contributed by atoms with Gasteiger partial charge in [0.05, 0.1) is 21.9 Å². The number of carbonyl (C=O) groups is 2. The van der Waals surface area contributed by atoms with Gasteiger partial charge in [0.1, 0.15) is 5.75 Å². The maximum absolute atomic E-state index is 13.2. The molecule has 0 radical (unpaired) electrons. The van der Waals surface area contributed by atoms with Gasteiger partial charge in [0.15, 0.2) is 11.9 Å². The Morgan fingerprint density at radius 1 is 1.22 bits per heavy atom. The van der Waals surface area contributed by atoms with Crippen LogP contribution in [0.1, 0.15) is 16.7 Å². The van der Waals surface area contributed by atoms with Crippen molar-refractivity contribution in [3.05, 3.63) is 69.4 Å². The van der Waals surface area contributed by atoms with Gasteiger partial charge >= 0.3 is 0 Å². The third kappa shape index (κ3) is 3.13. The minimum Gasteiger partial charge on any atom is -0.508 e. The molecule has 0 spiro atoms. The van der Waals surface area contributed by atoms with Crippen LogP contribution >= 0.6 is 0 Å². The average Bonchev–Trinajstić information content (AvgIpc) is 3.26. The molecule has 1 saturated heterocycles. The van der Waals surface area contributed by atoms with Crippen molar-refractivity contribution in [2.45, 2.75) is 31.5 Å². The molecule has 9 nitrogen and oxygen atoms in total. The Morgan fingerprint density at radius 2 is 1.94 bits per heavy atom. The molecule has 1 fully saturated rings. The van der Waals surface area contributed by atoms with Gasteiger partial charge in [-0.2, -0.15) is 0 Å². The highest BCUT2D eigenvalue weighted by atomic mass is 16.6. The van der Waals surface area contributed by atoms with Crippen molar-refractivity contribution in [3.63, 3.8) is 0 Å². The standard InChI is InChI=1S/C23H24N4O5/c1-14-15(6-4-9-20(14)29)11-23(13-28)25(2)19(22(30)26(23)3)10-16-12-24-17-7-5-8-18(21(16)17)27(31)32/h4-9,12-13,19,24,29H,10-11H2,1-3H3. The van der Waals surface area contributed by atoms with Gasteiger partial charge in [-0.05, 0) is 49.2 Å². The van der Waals surface area contributed by atoms with E-state index in [0.717, 1.165) is 11.8 Å². The van der Waals surface area contributed by atoms with Crippen molar-refractivity contribution in [1.82, 2.24) is 14.8 Å².